The average molecular weight is 837 g/mol. The molecule has 4 unspecified atom stereocenters. The summed E-state index contributed by atoms with van der Waals surface area (Å²) in [6.07, 6.45) is -8.23. The lowest BCUT2D eigenvalue weighted by atomic mass is 10.1. The minimum atomic E-state index is -4.78. The van der Waals surface area contributed by atoms with E-state index in [1.807, 2.05) is 0 Å². The molecule has 0 radical (unpaired) electrons. The van der Waals surface area contributed by atoms with Gasteiger partial charge in [-0.25, -0.2) is 35.1 Å². The SMILES string of the molecule is Cc1c(F)c(F)c(COC(=O)C2C(/C=C(\Cl)C(F)(F)F)C2(C)C)c(F)c1F.Cc1c(F)c(F)c(COC(=O)C2C(/C=C(\Cl)C(F)(F)F)C2(C)C)c(F)c1F. The number of ether oxygens (including phenoxy) is 2. The maximum Gasteiger partial charge on any atom is 0.426 e. The van der Waals surface area contributed by atoms with Crippen LogP contribution in [0.2, 0.25) is 0 Å². The molecule has 4 nitrogen and oxygen atoms in total. The molecule has 0 heterocycles. The maximum absolute atomic E-state index is 13.8. The fraction of sp³-hybridized carbons (Fsp3) is 0.471. The summed E-state index contributed by atoms with van der Waals surface area (Å²) in [4.78, 5) is 24.2. The van der Waals surface area contributed by atoms with E-state index in [0.717, 1.165) is 13.8 Å². The molecule has 0 amide bonds. The van der Waals surface area contributed by atoms with E-state index < -0.39 is 151 Å². The van der Waals surface area contributed by atoms with Crippen LogP contribution < -0.4 is 0 Å². The van der Waals surface area contributed by atoms with Crippen LogP contribution in [0, 0.1) is 94.9 Å². The zero-order valence-corrected chi connectivity index (χ0v) is 30.1. The van der Waals surface area contributed by atoms with Crippen LogP contribution in [0.15, 0.2) is 22.2 Å². The third-order valence-corrected chi connectivity index (χ3v) is 10.1. The highest BCUT2D eigenvalue weighted by Crippen LogP contribution is 2.61. The Balaban J connectivity index is 0.000000290. The van der Waals surface area contributed by atoms with E-state index >= 15 is 0 Å². The average Bonchev–Trinajstić information content (AvgIpc) is 3.83. The second-order valence-electron chi connectivity index (χ2n) is 13.6. The van der Waals surface area contributed by atoms with Crippen LogP contribution in [0.5, 0.6) is 0 Å². The van der Waals surface area contributed by atoms with E-state index in [1.165, 1.54) is 27.7 Å². The number of carbonyl (C=O) groups excluding carboxylic acids is 2. The van der Waals surface area contributed by atoms with Gasteiger partial charge in [0.15, 0.2) is 46.5 Å². The van der Waals surface area contributed by atoms with E-state index in [4.69, 9.17) is 32.7 Å². The minimum Gasteiger partial charge on any atom is -0.460 e. The van der Waals surface area contributed by atoms with Gasteiger partial charge in [-0.3, -0.25) is 9.59 Å². The fourth-order valence-electron chi connectivity index (χ4n) is 5.68. The quantitative estimate of drug-likeness (QED) is 0.151. The smallest absolute Gasteiger partial charge is 0.426 e. The molecule has 2 saturated carbocycles. The molecule has 0 aliphatic heterocycles. The number of allylic oxidation sites excluding steroid dienone is 4. The molecular weight excluding hydrogens is 809 g/mol. The van der Waals surface area contributed by atoms with Gasteiger partial charge < -0.3 is 9.47 Å². The Morgan fingerprint density at radius 1 is 0.556 bits per heavy atom. The lowest BCUT2D eigenvalue weighted by molar-refractivity contribution is -0.148. The van der Waals surface area contributed by atoms with Crippen molar-refractivity contribution >= 4 is 35.1 Å². The molecule has 20 heteroatoms. The van der Waals surface area contributed by atoms with Crippen molar-refractivity contribution in [2.45, 2.75) is 67.1 Å². The summed E-state index contributed by atoms with van der Waals surface area (Å²) in [5, 5.41) is -2.81. The van der Waals surface area contributed by atoms with Crippen molar-refractivity contribution in [3.63, 3.8) is 0 Å². The van der Waals surface area contributed by atoms with Gasteiger partial charge in [0.2, 0.25) is 0 Å². The lowest BCUT2D eigenvalue weighted by Crippen LogP contribution is -2.14. The van der Waals surface area contributed by atoms with Gasteiger partial charge in [0, 0.05) is 11.1 Å². The third kappa shape index (κ3) is 8.95. The highest BCUT2D eigenvalue weighted by atomic mass is 35.5. The Bertz CT molecular complexity index is 1710. The maximum atomic E-state index is 13.8. The van der Waals surface area contributed by atoms with E-state index in [1.54, 1.807) is 0 Å². The largest absolute Gasteiger partial charge is 0.460 e. The Morgan fingerprint density at radius 3 is 1.02 bits per heavy atom. The predicted octanol–water partition coefficient (Wildman–Crippen LogP) is 11.1. The number of alkyl halides is 6. The van der Waals surface area contributed by atoms with Crippen LogP contribution in [0.3, 0.4) is 0 Å². The van der Waals surface area contributed by atoms with E-state index in [-0.39, 0.29) is 0 Å². The van der Waals surface area contributed by atoms with E-state index in [9.17, 15) is 71.1 Å². The van der Waals surface area contributed by atoms with Crippen molar-refractivity contribution in [2.24, 2.45) is 34.5 Å². The van der Waals surface area contributed by atoms with Crippen molar-refractivity contribution in [1.29, 1.82) is 0 Å². The number of halogens is 16. The first-order valence-electron chi connectivity index (χ1n) is 15.3. The van der Waals surface area contributed by atoms with Crippen LogP contribution >= 0.6 is 23.2 Å². The first kappa shape index (κ1) is 44.9. The number of benzene rings is 2. The van der Waals surface area contributed by atoms with Gasteiger partial charge in [-0.05, 0) is 36.5 Å². The normalized spacial score (nSPS) is 22.0. The molecule has 2 aromatic carbocycles. The van der Waals surface area contributed by atoms with Gasteiger partial charge in [0.05, 0.1) is 23.0 Å². The first-order chi connectivity index (χ1) is 24.4. The molecule has 300 valence electrons. The molecular formula is C34H28Cl2F14O4. The summed E-state index contributed by atoms with van der Waals surface area (Å²) in [5.41, 5.74) is -5.86. The summed E-state index contributed by atoms with van der Waals surface area (Å²) < 4.78 is 194. The second-order valence-corrected chi connectivity index (χ2v) is 14.4. The van der Waals surface area contributed by atoms with Crippen molar-refractivity contribution < 1.29 is 80.5 Å². The fourth-order valence-corrected chi connectivity index (χ4v) is 5.95. The van der Waals surface area contributed by atoms with Gasteiger partial charge in [-0.1, -0.05) is 63.0 Å². The van der Waals surface area contributed by atoms with E-state index in [2.05, 4.69) is 0 Å². The molecule has 2 fully saturated rings. The Kier molecular flexibility index (Phi) is 12.9. The zero-order valence-electron chi connectivity index (χ0n) is 28.6. The summed E-state index contributed by atoms with van der Waals surface area (Å²) in [6, 6.07) is 0. The van der Waals surface area contributed by atoms with Crippen molar-refractivity contribution in [1.82, 2.24) is 0 Å². The second kappa shape index (κ2) is 15.5. The number of rotatable bonds is 8. The van der Waals surface area contributed by atoms with Gasteiger partial charge >= 0.3 is 24.3 Å². The molecule has 4 atom stereocenters. The topological polar surface area (TPSA) is 52.6 Å². The summed E-state index contributed by atoms with van der Waals surface area (Å²) >= 11 is 10.3. The highest BCUT2D eigenvalue weighted by molar-refractivity contribution is 6.30. The third-order valence-electron chi connectivity index (χ3n) is 9.39. The summed E-state index contributed by atoms with van der Waals surface area (Å²) in [6.45, 7) is 5.36. The van der Waals surface area contributed by atoms with Crippen LogP contribution in [0.25, 0.3) is 0 Å². The zero-order chi connectivity index (χ0) is 41.8. The van der Waals surface area contributed by atoms with Crippen molar-refractivity contribution in [3.8, 4) is 0 Å². The predicted molar refractivity (Wildman–Crippen MR) is 163 cm³/mol. The molecule has 0 bridgehead atoms. The van der Waals surface area contributed by atoms with E-state index in [0.29, 0.717) is 12.2 Å². The molecule has 2 aliphatic rings. The Hall–Kier alpha value is -3.54. The molecule has 2 aliphatic carbocycles. The molecule has 0 N–H and O–H groups in total. The first-order valence-corrected chi connectivity index (χ1v) is 16.0. The molecule has 0 aromatic heterocycles. The molecule has 4 rings (SSSR count). The molecule has 0 spiro atoms. The van der Waals surface area contributed by atoms with Crippen LogP contribution in [0.1, 0.15) is 49.9 Å². The Morgan fingerprint density at radius 2 is 0.796 bits per heavy atom. The number of hydrogen-bond donors (Lipinski definition) is 0. The summed E-state index contributed by atoms with van der Waals surface area (Å²) in [5.74, 6) is -19.4. The Labute approximate surface area is 308 Å². The molecule has 0 saturated heterocycles. The monoisotopic (exact) mass is 836 g/mol. The number of hydrogen-bond acceptors (Lipinski definition) is 4. The van der Waals surface area contributed by atoms with Crippen LogP contribution in [0.4, 0.5) is 61.5 Å². The standard InChI is InChI=1S/2C17H14ClF7O2/c2*1-6-11(19)13(21)7(14(22)12(6)20)5-27-15(26)10-8(16(10,2)3)4-9(18)17(23,24)25/h2*4,8,10H,5H2,1-3H3/b2*9-4-. The highest BCUT2D eigenvalue weighted by Gasteiger charge is 2.63. The lowest BCUT2D eigenvalue weighted by Gasteiger charge is -2.11. The van der Waals surface area contributed by atoms with Crippen LogP contribution in [-0.4, -0.2) is 24.3 Å². The van der Waals surface area contributed by atoms with Gasteiger partial charge in [-0.2, -0.15) is 26.3 Å². The van der Waals surface area contributed by atoms with Crippen molar-refractivity contribution in [2.75, 3.05) is 0 Å². The summed E-state index contributed by atoms with van der Waals surface area (Å²) in [7, 11) is 0. The minimum absolute atomic E-state index is 0.667. The van der Waals surface area contributed by atoms with Crippen LogP contribution in [-0.2, 0) is 32.3 Å². The number of esters is 2. The molecule has 2 aromatic rings. The van der Waals surface area contributed by atoms with Gasteiger partial charge in [-0.15, -0.1) is 0 Å². The van der Waals surface area contributed by atoms with Gasteiger partial charge in [0.25, 0.3) is 0 Å². The number of carbonyl (C=O) groups is 2. The van der Waals surface area contributed by atoms with Crippen molar-refractivity contribution in [3.05, 3.63) is 91.0 Å². The molecule has 54 heavy (non-hydrogen) atoms. The van der Waals surface area contributed by atoms with Gasteiger partial charge in [0.1, 0.15) is 23.3 Å².